The van der Waals surface area contributed by atoms with E-state index in [1.165, 1.54) is 38.9 Å². The topological polar surface area (TPSA) is 18.5 Å². The molecule has 0 saturated carbocycles. The number of likely N-dealkylation sites (N-methyl/N-ethyl adjacent to an activating group) is 1. The highest BCUT2D eigenvalue weighted by molar-refractivity contribution is 4.79. The van der Waals surface area contributed by atoms with Gasteiger partial charge in [0.1, 0.15) is 0 Å². The fourth-order valence-corrected chi connectivity index (χ4v) is 2.82. The van der Waals surface area contributed by atoms with Crippen LogP contribution >= 0.6 is 0 Å². The fraction of sp³-hybridized carbons (Fsp3) is 1.00. The Balaban J connectivity index is 2.30. The van der Waals surface area contributed by atoms with Gasteiger partial charge in [0.15, 0.2) is 0 Å². The zero-order valence-electron chi connectivity index (χ0n) is 12.2. The van der Waals surface area contributed by atoms with Crippen LogP contribution in [0.25, 0.3) is 0 Å². The molecule has 0 bridgehead atoms. The molecule has 0 aromatic heterocycles. The van der Waals surface area contributed by atoms with Gasteiger partial charge in [0.05, 0.1) is 0 Å². The second-order valence-electron chi connectivity index (χ2n) is 5.59. The summed E-state index contributed by atoms with van der Waals surface area (Å²) in [7, 11) is 2.24. The van der Waals surface area contributed by atoms with Crippen LogP contribution in [0.4, 0.5) is 0 Å². The maximum Gasteiger partial charge on any atom is 0.0197 e. The summed E-state index contributed by atoms with van der Waals surface area (Å²) in [5.41, 5.74) is 0. The summed E-state index contributed by atoms with van der Waals surface area (Å²) in [4.78, 5) is 5.16. The minimum absolute atomic E-state index is 0.698. The Bertz CT molecular complexity index is 196. The molecule has 1 N–H and O–H groups in total. The Morgan fingerprint density at radius 3 is 2.76 bits per heavy atom. The molecule has 3 nitrogen and oxygen atoms in total. The SMILES string of the molecule is CCCNCCC(C)N1CCCN(C)CC1C. The molecule has 0 amide bonds. The van der Waals surface area contributed by atoms with Crippen molar-refractivity contribution in [1.29, 1.82) is 0 Å². The quantitative estimate of drug-likeness (QED) is 0.715. The van der Waals surface area contributed by atoms with Gasteiger partial charge in [-0.3, -0.25) is 4.90 Å². The lowest BCUT2D eigenvalue weighted by Crippen LogP contribution is -2.44. The molecule has 0 aromatic carbocycles. The maximum atomic E-state index is 3.51. The van der Waals surface area contributed by atoms with E-state index in [-0.39, 0.29) is 0 Å². The fourth-order valence-electron chi connectivity index (χ4n) is 2.82. The van der Waals surface area contributed by atoms with Crippen molar-refractivity contribution in [2.45, 2.75) is 52.1 Å². The Kier molecular flexibility index (Phi) is 7.09. The monoisotopic (exact) mass is 241 g/mol. The maximum absolute atomic E-state index is 3.51. The molecule has 0 aliphatic carbocycles. The first-order valence-electron chi connectivity index (χ1n) is 7.30. The van der Waals surface area contributed by atoms with Crippen LogP contribution in [0.2, 0.25) is 0 Å². The number of nitrogens with one attached hydrogen (secondary N) is 1. The summed E-state index contributed by atoms with van der Waals surface area (Å²) < 4.78 is 0. The van der Waals surface area contributed by atoms with Gasteiger partial charge >= 0.3 is 0 Å². The second kappa shape index (κ2) is 8.06. The Labute approximate surface area is 108 Å². The number of hydrogen-bond acceptors (Lipinski definition) is 3. The van der Waals surface area contributed by atoms with Gasteiger partial charge < -0.3 is 10.2 Å². The predicted molar refractivity (Wildman–Crippen MR) is 75.5 cm³/mol. The molecule has 0 aromatic rings. The first-order valence-corrected chi connectivity index (χ1v) is 7.30. The Morgan fingerprint density at radius 1 is 1.29 bits per heavy atom. The average Bonchev–Trinajstić information content (AvgIpc) is 2.45. The molecule has 1 aliphatic heterocycles. The van der Waals surface area contributed by atoms with E-state index in [4.69, 9.17) is 0 Å². The highest BCUT2D eigenvalue weighted by atomic mass is 15.2. The lowest BCUT2D eigenvalue weighted by Gasteiger charge is -2.33. The average molecular weight is 241 g/mol. The van der Waals surface area contributed by atoms with Crippen LogP contribution in [0.1, 0.15) is 40.0 Å². The summed E-state index contributed by atoms with van der Waals surface area (Å²) in [6, 6.07) is 1.41. The Morgan fingerprint density at radius 2 is 2.06 bits per heavy atom. The van der Waals surface area contributed by atoms with Gasteiger partial charge in [0, 0.05) is 18.6 Å². The van der Waals surface area contributed by atoms with Crippen molar-refractivity contribution >= 4 is 0 Å². The van der Waals surface area contributed by atoms with Crippen molar-refractivity contribution in [2.75, 3.05) is 39.8 Å². The van der Waals surface area contributed by atoms with Gasteiger partial charge in [-0.1, -0.05) is 6.92 Å². The summed E-state index contributed by atoms with van der Waals surface area (Å²) >= 11 is 0. The minimum atomic E-state index is 0.698. The van der Waals surface area contributed by atoms with Crippen LogP contribution in [-0.4, -0.2) is 61.7 Å². The smallest absolute Gasteiger partial charge is 0.0197 e. The van der Waals surface area contributed by atoms with Crippen LogP contribution in [0.3, 0.4) is 0 Å². The van der Waals surface area contributed by atoms with Crippen LogP contribution in [0.5, 0.6) is 0 Å². The van der Waals surface area contributed by atoms with E-state index in [9.17, 15) is 0 Å². The molecule has 1 aliphatic rings. The Hall–Kier alpha value is -0.120. The number of rotatable bonds is 6. The highest BCUT2D eigenvalue weighted by Gasteiger charge is 2.23. The largest absolute Gasteiger partial charge is 0.317 e. The molecule has 102 valence electrons. The van der Waals surface area contributed by atoms with E-state index in [1.54, 1.807) is 0 Å². The molecule has 2 unspecified atom stereocenters. The first-order chi connectivity index (χ1) is 8.15. The lowest BCUT2D eigenvalue weighted by molar-refractivity contribution is 0.145. The normalized spacial score (nSPS) is 25.8. The summed E-state index contributed by atoms with van der Waals surface area (Å²) in [5.74, 6) is 0. The zero-order chi connectivity index (χ0) is 12.7. The van der Waals surface area contributed by atoms with Crippen LogP contribution in [0.15, 0.2) is 0 Å². The molecular formula is C14H31N3. The highest BCUT2D eigenvalue weighted by Crippen LogP contribution is 2.14. The summed E-state index contributed by atoms with van der Waals surface area (Å²) in [5, 5.41) is 3.51. The molecule has 0 spiro atoms. The molecule has 1 heterocycles. The van der Waals surface area contributed by atoms with Crippen molar-refractivity contribution in [1.82, 2.24) is 15.1 Å². The van der Waals surface area contributed by atoms with E-state index < -0.39 is 0 Å². The van der Waals surface area contributed by atoms with E-state index in [2.05, 4.69) is 42.9 Å². The lowest BCUT2D eigenvalue weighted by atomic mass is 10.1. The molecule has 3 heteroatoms. The molecule has 0 radical (unpaired) electrons. The van der Waals surface area contributed by atoms with Gasteiger partial charge in [0.25, 0.3) is 0 Å². The molecule has 1 fully saturated rings. The van der Waals surface area contributed by atoms with Crippen molar-refractivity contribution in [3.63, 3.8) is 0 Å². The third-order valence-electron chi connectivity index (χ3n) is 3.83. The van der Waals surface area contributed by atoms with Gasteiger partial charge in [-0.05, 0) is 66.3 Å². The first kappa shape index (κ1) is 14.9. The third kappa shape index (κ3) is 5.36. The van der Waals surface area contributed by atoms with E-state index in [0.717, 1.165) is 13.1 Å². The number of hydrogen-bond donors (Lipinski definition) is 1. The molecule has 1 saturated heterocycles. The van der Waals surface area contributed by atoms with Gasteiger partial charge in [-0.2, -0.15) is 0 Å². The molecule has 17 heavy (non-hydrogen) atoms. The van der Waals surface area contributed by atoms with Crippen molar-refractivity contribution < 1.29 is 0 Å². The van der Waals surface area contributed by atoms with E-state index >= 15 is 0 Å². The summed E-state index contributed by atoms with van der Waals surface area (Å²) in [6.45, 7) is 13.0. The number of nitrogens with zero attached hydrogens (tertiary/aromatic N) is 2. The third-order valence-corrected chi connectivity index (χ3v) is 3.83. The molecule has 1 rings (SSSR count). The molecular weight excluding hydrogens is 210 g/mol. The van der Waals surface area contributed by atoms with Gasteiger partial charge in [0.2, 0.25) is 0 Å². The van der Waals surface area contributed by atoms with Crippen molar-refractivity contribution in [3.05, 3.63) is 0 Å². The summed E-state index contributed by atoms with van der Waals surface area (Å²) in [6.07, 6.45) is 3.82. The van der Waals surface area contributed by atoms with E-state index in [0.29, 0.717) is 12.1 Å². The van der Waals surface area contributed by atoms with E-state index in [1.807, 2.05) is 0 Å². The van der Waals surface area contributed by atoms with Gasteiger partial charge in [-0.25, -0.2) is 0 Å². The standard InChI is InChI=1S/C14H31N3/c1-5-8-15-9-7-13(2)17-11-6-10-16(4)12-14(17)3/h13-15H,5-12H2,1-4H3. The predicted octanol–water partition coefficient (Wildman–Crippen LogP) is 1.79. The molecule has 2 atom stereocenters. The van der Waals surface area contributed by atoms with Crippen LogP contribution in [0, 0.1) is 0 Å². The second-order valence-corrected chi connectivity index (χ2v) is 5.59. The van der Waals surface area contributed by atoms with Crippen molar-refractivity contribution in [2.24, 2.45) is 0 Å². The van der Waals surface area contributed by atoms with Crippen molar-refractivity contribution in [3.8, 4) is 0 Å². The van der Waals surface area contributed by atoms with Gasteiger partial charge in [-0.15, -0.1) is 0 Å². The zero-order valence-corrected chi connectivity index (χ0v) is 12.2. The van der Waals surface area contributed by atoms with Crippen LogP contribution in [-0.2, 0) is 0 Å². The van der Waals surface area contributed by atoms with Crippen LogP contribution < -0.4 is 5.32 Å². The minimum Gasteiger partial charge on any atom is -0.317 e.